The van der Waals surface area contributed by atoms with Crippen molar-refractivity contribution in [2.45, 2.75) is 0 Å². The van der Waals surface area contributed by atoms with Gasteiger partial charge in [-0.25, -0.2) is 13.2 Å². The lowest BCUT2D eigenvalue weighted by atomic mass is 10.1. The van der Waals surface area contributed by atoms with Gasteiger partial charge in [0.25, 0.3) is 0 Å². The lowest BCUT2D eigenvalue weighted by Gasteiger charge is -2.03. The van der Waals surface area contributed by atoms with Crippen LogP contribution >= 0.6 is 0 Å². The van der Waals surface area contributed by atoms with Crippen molar-refractivity contribution in [1.82, 2.24) is 0 Å². The molecule has 0 aliphatic heterocycles. The molecular formula is C9H5F3N2. The highest BCUT2D eigenvalue weighted by molar-refractivity contribution is 5.65. The van der Waals surface area contributed by atoms with Crippen molar-refractivity contribution in [3.63, 3.8) is 0 Å². The second-order valence-corrected chi connectivity index (χ2v) is 2.47. The molecular weight excluding hydrogens is 193 g/mol. The van der Waals surface area contributed by atoms with E-state index < -0.39 is 23.0 Å². The predicted molar refractivity (Wildman–Crippen MR) is 44.1 cm³/mol. The van der Waals surface area contributed by atoms with Crippen LogP contribution in [0.2, 0.25) is 0 Å². The average Bonchev–Trinajstić information content (AvgIpc) is 2.01. The molecule has 0 fully saturated rings. The summed E-state index contributed by atoms with van der Waals surface area (Å²) in [5.74, 6) is -3.30. The van der Waals surface area contributed by atoms with Crippen LogP contribution in [0.25, 0.3) is 5.70 Å². The topological polar surface area (TPSA) is 49.8 Å². The lowest BCUT2D eigenvalue weighted by Crippen LogP contribution is -2.03. The van der Waals surface area contributed by atoms with Crippen molar-refractivity contribution >= 4 is 5.70 Å². The number of nitrogens with zero attached hydrogens (tertiary/aromatic N) is 1. The Morgan fingerprint density at radius 2 is 1.79 bits per heavy atom. The maximum absolute atomic E-state index is 13.0. The van der Waals surface area contributed by atoms with E-state index in [9.17, 15) is 13.2 Å². The van der Waals surface area contributed by atoms with E-state index >= 15 is 0 Å². The van der Waals surface area contributed by atoms with Gasteiger partial charge in [-0.3, -0.25) is 0 Å². The molecule has 0 saturated heterocycles. The number of allylic oxidation sites excluding steroid dienone is 1. The SMILES string of the molecule is N#C/C=C(\N)c1c(F)cc(F)cc1F. The largest absolute Gasteiger partial charge is 0.397 e. The number of halogens is 3. The Morgan fingerprint density at radius 3 is 2.21 bits per heavy atom. The highest BCUT2D eigenvalue weighted by atomic mass is 19.1. The fourth-order valence-electron chi connectivity index (χ4n) is 0.960. The van der Waals surface area contributed by atoms with Crippen molar-refractivity contribution < 1.29 is 13.2 Å². The van der Waals surface area contributed by atoms with Crippen LogP contribution < -0.4 is 5.73 Å². The molecule has 0 aliphatic carbocycles. The third-order valence-electron chi connectivity index (χ3n) is 1.52. The number of hydrogen-bond acceptors (Lipinski definition) is 2. The molecule has 0 aliphatic rings. The number of hydrogen-bond donors (Lipinski definition) is 1. The minimum atomic E-state index is -1.13. The first-order valence-electron chi connectivity index (χ1n) is 3.56. The van der Waals surface area contributed by atoms with Crippen LogP contribution in [0.15, 0.2) is 18.2 Å². The highest BCUT2D eigenvalue weighted by Gasteiger charge is 2.13. The van der Waals surface area contributed by atoms with Crippen LogP contribution in [0, 0.1) is 28.8 Å². The van der Waals surface area contributed by atoms with Gasteiger partial charge in [0.2, 0.25) is 0 Å². The van der Waals surface area contributed by atoms with Gasteiger partial charge in [-0.15, -0.1) is 0 Å². The fourth-order valence-corrected chi connectivity index (χ4v) is 0.960. The summed E-state index contributed by atoms with van der Waals surface area (Å²) < 4.78 is 38.4. The van der Waals surface area contributed by atoms with Crippen LogP contribution in [0.3, 0.4) is 0 Å². The van der Waals surface area contributed by atoms with Crippen molar-refractivity contribution in [3.8, 4) is 6.07 Å². The van der Waals surface area contributed by atoms with Crippen LogP contribution in [0.1, 0.15) is 5.56 Å². The molecule has 0 atom stereocenters. The van der Waals surface area contributed by atoms with E-state index in [1.807, 2.05) is 0 Å². The molecule has 5 heteroatoms. The fraction of sp³-hybridized carbons (Fsp3) is 0. The Hall–Kier alpha value is -1.96. The van der Waals surface area contributed by atoms with Crippen LogP contribution in [-0.2, 0) is 0 Å². The number of nitrogens with two attached hydrogens (primary N) is 1. The summed E-state index contributed by atoms with van der Waals surface area (Å²) in [6, 6.07) is 2.51. The monoisotopic (exact) mass is 198 g/mol. The van der Waals surface area contributed by atoms with Gasteiger partial charge in [-0.05, 0) is 0 Å². The van der Waals surface area contributed by atoms with E-state index in [2.05, 4.69) is 0 Å². The van der Waals surface area contributed by atoms with Gasteiger partial charge >= 0.3 is 0 Å². The van der Waals surface area contributed by atoms with Crippen molar-refractivity contribution in [3.05, 3.63) is 41.2 Å². The first-order valence-corrected chi connectivity index (χ1v) is 3.56. The first-order chi connectivity index (χ1) is 6.56. The Kier molecular flexibility index (Phi) is 2.77. The molecule has 1 aromatic rings. The molecule has 1 rings (SSSR count). The quantitative estimate of drug-likeness (QED) is 0.701. The van der Waals surface area contributed by atoms with Crippen molar-refractivity contribution in [2.24, 2.45) is 5.73 Å². The maximum Gasteiger partial charge on any atom is 0.138 e. The molecule has 0 heterocycles. The molecule has 0 radical (unpaired) electrons. The minimum Gasteiger partial charge on any atom is -0.397 e. The molecule has 0 unspecified atom stereocenters. The lowest BCUT2D eigenvalue weighted by molar-refractivity contribution is 0.538. The summed E-state index contributed by atoms with van der Waals surface area (Å²) in [6.45, 7) is 0. The van der Waals surface area contributed by atoms with E-state index in [1.165, 1.54) is 6.07 Å². The summed E-state index contributed by atoms with van der Waals surface area (Å²) in [7, 11) is 0. The van der Waals surface area contributed by atoms with E-state index in [0.29, 0.717) is 12.1 Å². The van der Waals surface area contributed by atoms with Crippen LogP contribution in [0.5, 0.6) is 0 Å². The molecule has 2 nitrogen and oxygen atoms in total. The summed E-state index contributed by atoms with van der Waals surface area (Å²) in [5, 5.41) is 8.21. The standard InChI is InChI=1S/C9H5F3N2/c10-5-3-6(11)9(7(12)4-5)8(14)1-2-13/h1,3-4H,14H2/b8-1-. The molecule has 0 aromatic heterocycles. The Morgan fingerprint density at radius 1 is 1.29 bits per heavy atom. The van der Waals surface area contributed by atoms with Crippen LogP contribution in [-0.4, -0.2) is 0 Å². The van der Waals surface area contributed by atoms with Crippen molar-refractivity contribution in [2.75, 3.05) is 0 Å². The summed E-state index contributed by atoms with van der Waals surface area (Å²) in [5.41, 5.74) is 4.23. The molecule has 2 N–H and O–H groups in total. The predicted octanol–water partition coefficient (Wildman–Crippen LogP) is 1.93. The smallest absolute Gasteiger partial charge is 0.138 e. The second-order valence-electron chi connectivity index (χ2n) is 2.47. The van der Waals surface area contributed by atoms with E-state index in [0.717, 1.165) is 6.08 Å². The molecule has 0 saturated carbocycles. The number of benzene rings is 1. The molecule has 0 bridgehead atoms. The van der Waals surface area contributed by atoms with Gasteiger partial charge in [0.15, 0.2) is 0 Å². The summed E-state index contributed by atoms with van der Waals surface area (Å²) in [4.78, 5) is 0. The molecule has 0 spiro atoms. The Bertz CT molecular complexity index is 409. The average molecular weight is 198 g/mol. The number of rotatable bonds is 1. The summed E-state index contributed by atoms with van der Waals surface area (Å²) in [6.07, 6.45) is 0.777. The minimum absolute atomic E-state index is 0.373. The number of nitriles is 1. The molecule has 72 valence electrons. The first kappa shape index (κ1) is 10.1. The van der Waals surface area contributed by atoms with Crippen molar-refractivity contribution in [1.29, 1.82) is 5.26 Å². The van der Waals surface area contributed by atoms with Crippen LogP contribution in [0.4, 0.5) is 13.2 Å². The van der Waals surface area contributed by atoms with Gasteiger partial charge < -0.3 is 5.73 Å². The third kappa shape index (κ3) is 1.85. The second kappa shape index (κ2) is 3.83. The van der Waals surface area contributed by atoms with Gasteiger partial charge in [-0.1, -0.05) is 0 Å². The highest BCUT2D eigenvalue weighted by Crippen LogP contribution is 2.19. The maximum atomic E-state index is 13.0. The zero-order valence-electron chi connectivity index (χ0n) is 6.89. The normalized spacial score (nSPS) is 11.1. The summed E-state index contributed by atoms with van der Waals surface area (Å²) >= 11 is 0. The van der Waals surface area contributed by atoms with Gasteiger partial charge in [0.05, 0.1) is 17.3 Å². The Labute approximate surface area is 78.1 Å². The Balaban J connectivity index is 3.37. The zero-order valence-corrected chi connectivity index (χ0v) is 6.89. The molecule has 14 heavy (non-hydrogen) atoms. The van der Waals surface area contributed by atoms with Gasteiger partial charge in [0.1, 0.15) is 17.5 Å². The zero-order chi connectivity index (χ0) is 10.7. The van der Waals surface area contributed by atoms with E-state index in [4.69, 9.17) is 11.0 Å². The van der Waals surface area contributed by atoms with E-state index in [-0.39, 0.29) is 5.70 Å². The van der Waals surface area contributed by atoms with E-state index in [1.54, 1.807) is 0 Å². The molecule has 1 aromatic carbocycles. The molecule has 0 amide bonds. The third-order valence-corrected chi connectivity index (χ3v) is 1.52. The van der Waals surface area contributed by atoms with Gasteiger partial charge in [0, 0.05) is 18.2 Å². The van der Waals surface area contributed by atoms with Gasteiger partial charge in [-0.2, -0.15) is 5.26 Å².